The molecule has 0 radical (unpaired) electrons. The molecule has 5 heteroatoms. The molecule has 0 aromatic carbocycles. The van der Waals surface area contributed by atoms with Gasteiger partial charge in [0.2, 0.25) is 0 Å². The van der Waals surface area contributed by atoms with E-state index in [1.807, 2.05) is 0 Å². The van der Waals surface area contributed by atoms with Gasteiger partial charge < -0.3 is 10.8 Å². The number of carbonyl (C=O) groups is 1. The van der Waals surface area contributed by atoms with Gasteiger partial charge in [-0.15, -0.1) is 0 Å². The monoisotopic (exact) mass is 375 g/mol. The van der Waals surface area contributed by atoms with Gasteiger partial charge in [-0.25, -0.2) is 0 Å². The summed E-state index contributed by atoms with van der Waals surface area (Å²) in [5, 5.41) is 10.3. The summed E-state index contributed by atoms with van der Waals surface area (Å²) >= 11 is 0. The summed E-state index contributed by atoms with van der Waals surface area (Å²) in [5.74, 6) is -0.656. The predicted octanol–water partition coefficient (Wildman–Crippen LogP) is 6.01. The fraction of sp³-hybridized carbons (Fsp3) is 0.947. The highest BCUT2D eigenvalue weighted by Gasteiger charge is 2.17. The first-order chi connectivity index (χ1) is 11.7. The minimum Gasteiger partial charge on any atom is -0.481 e. The van der Waals surface area contributed by atoms with Crippen molar-refractivity contribution in [2.45, 2.75) is 107 Å². The zero-order chi connectivity index (χ0) is 17.5. The van der Waals surface area contributed by atoms with Crippen LogP contribution in [0.1, 0.15) is 96.3 Å². The van der Waals surface area contributed by atoms with Crippen LogP contribution in [0.25, 0.3) is 0 Å². The van der Waals surface area contributed by atoms with Gasteiger partial charge in [0.15, 0.2) is 0 Å². The van der Waals surface area contributed by atoms with Crippen molar-refractivity contribution in [3.05, 3.63) is 0 Å². The molecule has 2 atom stereocenters. The van der Waals surface area contributed by atoms with Crippen molar-refractivity contribution in [3.8, 4) is 0 Å². The van der Waals surface area contributed by atoms with E-state index in [0.29, 0.717) is 6.42 Å². The van der Waals surface area contributed by atoms with Gasteiger partial charge in [-0.2, -0.15) is 0 Å². The molecule has 0 aliphatic carbocycles. The van der Waals surface area contributed by atoms with Crippen LogP contribution in [-0.2, 0) is 4.79 Å². The van der Waals surface area contributed by atoms with E-state index in [4.69, 9.17) is 10.8 Å². The van der Waals surface area contributed by atoms with E-state index in [2.05, 4.69) is 21.6 Å². The second-order valence-corrected chi connectivity index (χ2v) is 9.93. The van der Waals surface area contributed by atoms with Crippen molar-refractivity contribution in [2.75, 3.05) is 6.54 Å². The lowest BCUT2D eigenvalue weighted by Gasteiger charge is -2.18. The largest absolute Gasteiger partial charge is 0.481 e. The molecular formula is C19H37NO2S2. The Morgan fingerprint density at radius 3 is 1.92 bits per heavy atom. The summed E-state index contributed by atoms with van der Waals surface area (Å²) in [5.41, 5.74) is 5.56. The average Bonchev–Trinajstić information content (AvgIpc) is 2.67. The first-order valence-electron chi connectivity index (χ1n) is 9.96. The minimum absolute atomic E-state index is 0.332. The highest BCUT2D eigenvalue weighted by atomic mass is 33.1. The number of hydrogen-bond acceptors (Lipinski definition) is 4. The molecule has 142 valence electrons. The number of carboxylic acids is 1. The first-order valence-corrected chi connectivity index (χ1v) is 12.2. The topological polar surface area (TPSA) is 63.3 Å². The Morgan fingerprint density at radius 2 is 1.38 bits per heavy atom. The molecule has 0 amide bonds. The lowest BCUT2D eigenvalue weighted by molar-refractivity contribution is -0.137. The number of nitrogens with two attached hydrogens (primary N) is 1. The molecule has 0 aromatic rings. The van der Waals surface area contributed by atoms with Crippen LogP contribution in [0.2, 0.25) is 0 Å². The lowest BCUT2D eigenvalue weighted by Crippen LogP contribution is -2.04. The summed E-state index contributed by atoms with van der Waals surface area (Å²) in [6, 6.07) is 0. The summed E-state index contributed by atoms with van der Waals surface area (Å²) in [7, 11) is 4.28. The Kier molecular flexibility index (Phi) is 14.2. The van der Waals surface area contributed by atoms with Crippen LogP contribution in [0.15, 0.2) is 0 Å². The number of carboxylic acid groups (broad SMARTS) is 1. The lowest BCUT2D eigenvalue weighted by atomic mass is 10.0. The van der Waals surface area contributed by atoms with Gasteiger partial charge in [0.05, 0.1) is 0 Å². The smallest absolute Gasteiger partial charge is 0.303 e. The molecule has 2 unspecified atom stereocenters. The Balaban J connectivity index is 2.18. The number of unbranched alkanes of at least 4 members (excludes halogenated alkanes) is 5. The molecule has 0 spiro atoms. The number of aliphatic carboxylic acids is 1. The van der Waals surface area contributed by atoms with E-state index in [-0.39, 0.29) is 0 Å². The molecule has 24 heavy (non-hydrogen) atoms. The van der Waals surface area contributed by atoms with Gasteiger partial charge in [0, 0.05) is 16.9 Å². The number of hydrogen-bond donors (Lipinski definition) is 2. The molecule has 1 rings (SSSR count). The Bertz CT molecular complexity index is 316. The summed E-state index contributed by atoms with van der Waals surface area (Å²) in [6.45, 7) is 0.835. The zero-order valence-corrected chi connectivity index (χ0v) is 16.9. The molecule has 0 aromatic heterocycles. The predicted molar refractivity (Wildman–Crippen MR) is 109 cm³/mol. The van der Waals surface area contributed by atoms with Crippen molar-refractivity contribution >= 4 is 27.6 Å². The second-order valence-electron chi connectivity index (χ2n) is 7.06. The van der Waals surface area contributed by atoms with E-state index in [9.17, 15) is 4.79 Å². The van der Waals surface area contributed by atoms with Crippen LogP contribution in [0.4, 0.5) is 0 Å². The summed E-state index contributed by atoms with van der Waals surface area (Å²) in [4.78, 5) is 10.6. The molecular weight excluding hydrogens is 338 g/mol. The Morgan fingerprint density at radius 1 is 0.833 bits per heavy atom. The fourth-order valence-electron chi connectivity index (χ4n) is 3.25. The minimum atomic E-state index is -0.656. The Hall–Kier alpha value is 0.130. The van der Waals surface area contributed by atoms with E-state index in [0.717, 1.165) is 29.9 Å². The van der Waals surface area contributed by atoms with Gasteiger partial charge in [-0.1, -0.05) is 73.0 Å². The zero-order valence-electron chi connectivity index (χ0n) is 15.2. The van der Waals surface area contributed by atoms with Crippen LogP contribution in [0.3, 0.4) is 0 Å². The van der Waals surface area contributed by atoms with Gasteiger partial charge in [0.1, 0.15) is 0 Å². The van der Waals surface area contributed by atoms with Gasteiger partial charge >= 0.3 is 5.97 Å². The summed E-state index contributed by atoms with van der Waals surface area (Å²) in [6.07, 6.45) is 18.1. The molecule has 0 saturated carbocycles. The highest BCUT2D eigenvalue weighted by molar-refractivity contribution is 8.77. The highest BCUT2D eigenvalue weighted by Crippen LogP contribution is 2.41. The second kappa shape index (κ2) is 15.4. The maximum Gasteiger partial charge on any atom is 0.303 e. The van der Waals surface area contributed by atoms with Crippen molar-refractivity contribution in [1.29, 1.82) is 0 Å². The molecule has 3 nitrogen and oxygen atoms in total. The molecule has 1 aliphatic heterocycles. The van der Waals surface area contributed by atoms with E-state index in [1.54, 1.807) is 0 Å². The third-order valence-corrected chi connectivity index (χ3v) is 8.34. The third kappa shape index (κ3) is 12.5. The van der Waals surface area contributed by atoms with Crippen LogP contribution < -0.4 is 5.73 Å². The molecule has 0 bridgehead atoms. The van der Waals surface area contributed by atoms with Crippen LogP contribution in [-0.4, -0.2) is 28.1 Å². The van der Waals surface area contributed by atoms with Gasteiger partial charge in [0.25, 0.3) is 0 Å². The summed E-state index contributed by atoms with van der Waals surface area (Å²) < 4.78 is 0. The van der Waals surface area contributed by atoms with Crippen LogP contribution in [0, 0.1) is 0 Å². The first kappa shape index (κ1) is 22.2. The van der Waals surface area contributed by atoms with Crippen molar-refractivity contribution in [1.82, 2.24) is 0 Å². The normalized spacial score (nSPS) is 22.5. The van der Waals surface area contributed by atoms with Crippen molar-refractivity contribution in [3.63, 3.8) is 0 Å². The maximum absolute atomic E-state index is 10.6. The molecule has 3 N–H and O–H groups in total. The van der Waals surface area contributed by atoms with Crippen molar-refractivity contribution in [2.24, 2.45) is 5.73 Å². The van der Waals surface area contributed by atoms with Gasteiger partial charge in [-0.3, -0.25) is 4.79 Å². The maximum atomic E-state index is 10.6. The third-order valence-electron chi connectivity index (χ3n) is 4.78. The van der Waals surface area contributed by atoms with E-state index >= 15 is 0 Å². The van der Waals surface area contributed by atoms with Crippen LogP contribution in [0.5, 0.6) is 0 Å². The average molecular weight is 376 g/mol. The van der Waals surface area contributed by atoms with Crippen LogP contribution >= 0.6 is 21.6 Å². The number of rotatable bonds is 12. The molecule has 1 heterocycles. The van der Waals surface area contributed by atoms with E-state index < -0.39 is 5.97 Å². The van der Waals surface area contributed by atoms with Gasteiger partial charge in [-0.05, 0) is 45.1 Å². The quantitative estimate of drug-likeness (QED) is 0.323. The van der Waals surface area contributed by atoms with Crippen molar-refractivity contribution < 1.29 is 9.90 Å². The fourth-order valence-corrected chi connectivity index (χ4v) is 6.72. The standard InChI is InChI=1S/C19H37NO2S2/c20-16-10-2-1-5-11-17-12-6-3-7-13-18(24-23-17)14-8-4-9-15-19(21)22/h17-18H,1-16,20H2,(H,21,22). The Labute approximate surface area is 156 Å². The molecule has 1 aliphatic rings. The molecule has 1 saturated heterocycles. The van der Waals surface area contributed by atoms with E-state index in [1.165, 1.54) is 77.0 Å². The molecule has 1 fully saturated rings. The SMILES string of the molecule is NCCCCCCC1CCCCCC(CCCCCC(=O)O)SS1.